The zero-order chi connectivity index (χ0) is 16.1. The van der Waals surface area contributed by atoms with Crippen LogP contribution in [-0.4, -0.2) is 14.9 Å². The molecule has 2 aromatic carbocycles. The zero-order valence-corrected chi connectivity index (χ0v) is 13.4. The Hall–Kier alpha value is -2.39. The molecule has 23 heavy (non-hydrogen) atoms. The molecule has 3 nitrogen and oxygen atoms in total. The van der Waals surface area contributed by atoms with E-state index in [2.05, 4.69) is 48.4 Å². The SMILES string of the molecule is CCCCc1cc(CO)nn1-c1ccc(-c2ccccc2)cc1. The Balaban J connectivity index is 1.91. The number of nitrogens with zero attached hydrogens (tertiary/aromatic N) is 2. The molecule has 0 bridgehead atoms. The second kappa shape index (κ2) is 7.25. The van der Waals surface area contributed by atoms with Crippen LogP contribution in [0.25, 0.3) is 16.8 Å². The van der Waals surface area contributed by atoms with Gasteiger partial charge >= 0.3 is 0 Å². The quantitative estimate of drug-likeness (QED) is 0.734. The van der Waals surface area contributed by atoms with Gasteiger partial charge in [-0.25, -0.2) is 4.68 Å². The molecule has 3 aromatic rings. The molecule has 0 unspecified atom stereocenters. The van der Waals surface area contributed by atoms with Crippen LogP contribution in [0.15, 0.2) is 60.7 Å². The van der Waals surface area contributed by atoms with E-state index in [1.54, 1.807) is 0 Å². The minimum Gasteiger partial charge on any atom is -0.390 e. The molecule has 1 N–H and O–H groups in total. The molecular weight excluding hydrogens is 284 g/mol. The van der Waals surface area contributed by atoms with Crippen molar-refractivity contribution in [3.05, 3.63) is 72.1 Å². The van der Waals surface area contributed by atoms with Crippen LogP contribution >= 0.6 is 0 Å². The van der Waals surface area contributed by atoms with Gasteiger partial charge in [0.25, 0.3) is 0 Å². The van der Waals surface area contributed by atoms with Crippen LogP contribution in [0.4, 0.5) is 0 Å². The molecule has 0 atom stereocenters. The van der Waals surface area contributed by atoms with Gasteiger partial charge in [0.1, 0.15) is 0 Å². The van der Waals surface area contributed by atoms with E-state index < -0.39 is 0 Å². The van der Waals surface area contributed by atoms with Crippen molar-refractivity contribution in [1.29, 1.82) is 0 Å². The first-order valence-corrected chi connectivity index (χ1v) is 8.16. The van der Waals surface area contributed by atoms with Gasteiger partial charge in [0.05, 0.1) is 18.0 Å². The summed E-state index contributed by atoms with van der Waals surface area (Å²) in [5.74, 6) is 0. The summed E-state index contributed by atoms with van der Waals surface area (Å²) in [4.78, 5) is 0. The van der Waals surface area contributed by atoms with E-state index in [0.29, 0.717) is 0 Å². The Kier molecular flexibility index (Phi) is 4.89. The van der Waals surface area contributed by atoms with Gasteiger partial charge in [-0.3, -0.25) is 0 Å². The molecule has 118 valence electrons. The Morgan fingerprint density at radius 1 is 0.957 bits per heavy atom. The third-order valence-electron chi connectivity index (χ3n) is 4.00. The topological polar surface area (TPSA) is 38.1 Å². The standard InChI is InChI=1S/C20H22N2O/c1-2-3-9-20-14-18(15-23)21-22(20)19-12-10-17(11-13-19)16-7-5-4-6-8-16/h4-8,10-14,23H,2-3,9,15H2,1H3. The fourth-order valence-electron chi connectivity index (χ4n) is 2.74. The normalized spacial score (nSPS) is 10.9. The van der Waals surface area contributed by atoms with Gasteiger partial charge in [-0.2, -0.15) is 5.10 Å². The molecule has 0 fully saturated rings. The van der Waals surface area contributed by atoms with Crippen molar-refractivity contribution in [2.24, 2.45) is 0 Å². The van der Waals surface area contributed by atoms with Crippen LogP contribution < -0.4 is 0 Å². The summed E-state index contributed by atoms with van der Waals surface area (Å²) in [6, 6.07) is 20.8. The minimum absolute atomic E-state index is 0.0196. The molecule has 0 amide bonds. The highest BCUT2D eigenvalue weighted by atomic mass is 16.3. The first-order valence-electron chi connectivity index (χ1n) is 8.16. The number of aromatic nitrogens is 2. The van der Waals surface area contributed by atoms with Crippen LogP contribution in [0.2, 0.25) is 0 Å². The zero-order valence-electron chi connectivity index (χ0n) is 13.4. The highest BCUT2D eigenvalue weighted by Crippen LogP contribution is 2.22. The van der Waals surface area contributed by atoms with E-state index in [1.165, 1.54) is 11.1 Å². The lowest BCUT2D eigenvalue weighted by Gasteiger charge is -2.08. The predicted molar refractivity (Wildman–Crippen MR) is 93.5 cm³/mol. The molecule has 3 rings (SSSR count). The van der Waals surface area contributed by atoms with E-state index in [4.69, 9.17) is 0 Å². The number of benzene rings is 2. The van der Waals surface area contributed by atoms with E-state index in [-0.39, 0.29) is 6.61 Å². The molecule has 1 heterocycles. The first-order chi connectivity index (χ1) is 11.3. The third-order valence-corrected chi connectivity index (χ3v) is 4.00. The summed E-state index contributed by atoms with van der Waals surface area (Å²) in [6.45, 7) is 2.16. The fourth-order valence-corrected chi connectivity index (χ4v) is 2.74. The minimum atomic E-state index is -0.0196. The molecule has 0 aliphatic heterocycles. The van der Waals surface area contributed by atoms with Crippen LogP contribution in [0, 0.1) is 0 Å². The van der Waals surface area contributed by atoms with Crippen LogP contribution in [0.3, 0.4) is 0 Å². The molecule has 0 saturated heterocycles. The average molecular weight is 306 g/mol. The summed E-state index contributed by atoms with van der Waals surface area (Å²) < 4.78 is 1.95. The van der Waals surface area contributed by atoms with E-state index in [1.807, 2.05) is 28.9 Å². The van der Waals surface area contributed by atoms with Crippen molar-refractivity contribution < 1.29 is 5.11 Å². The maximum Gasteiger partial charge on any atom is 0.0886 e. The van der Waals surface area contributed by atoms with E-state index in [9.17, 15) is 5.11 Å². The predicted octanol–water partition coefficient (Wildman–Crippen LogP) is 4.37. The van der Waals surface area contributed by atoms with Crippen LogP contribution in [-0.2, 0) is 13.0 Å². The Bertz CT molecular complexity index is 745. The molecule has 0 saturated carbocycles. The van der Waals surface area contributed by atoms with Gasteiger partial charge in [-0.15, -0.1) is 0 Å². The lowest BCUT2D eigenvalue weighted by molar-refractivity contribution is 0.276. The van der Waals surface area contributed by atoms with Crippen molar-refractivity contribution in [3.63, 3.8) is 0 Å². The van der Waals surface area contributed by atoms with E-state index in [0.717, 1.165) is 36.3 Å². The molecule has 0 aliphatic rings. The molecule has 0 spiro atoms. The summed E-state index contributed by atoms with van der Waals surface area (Å²) in [7, 11) is 0. The smallest absolute Gasteiger partial charge is 0.0886 e. The maximum absolute atomic E-state index is 9.36. The average Bonchev–Trinajstić information content (AvgIpc) is 3.04. The van der Waals surface area contributed by atoms with Crippen molar-refractivity contribution in [2.75, 3.05) is 0 Å². The van der Waals surface area contributed by atoms with Gasteiger partial charge in [0, 0.05) is 5.69 Å². The van der Waals surface area contributed by atoms with Crippen LogP contribution in [0.1, 0.15) is 31.2 Å². The summed E-state index contributed by atoms with van der Waals surface area (Å²) in [5.41, 5.74) is 5.32. The fraction of sp³-hybridized carbons (Fsp3) is 0.250. The second-order valence-corrected chi connectivity index (χ2v) is 5.71. The lowest BCUT2D eigenvalue weighted by Crippen LogP contribution is -2.02. The Morgan fingerprint density at radius 3 is 2.30 bits per heavy atom. The summed E-state index contributed by atoms with van der Waals surface area (Å²) in [6.07, 6.45) is 3.25. The first kappa shape index (κ1) is 15.5. The highest BCUT2D eigenvalue weighted by Gasteiger charge is 2.09. The molecular formula is C20H22N2O. The van der Waals surface area contributed by atoms with Gasteiger partial charge in [0.2, 0.25) is 0 Å². The summed E-state index contributed by atoms with van der Waals surface area (Å²) in [5, 5.41) is 13.9. The Morgan fingerprint density at radius 2 is 1.65 bits per heavy atom. The van der Waals surface area contributed by atoms with E-state index >= 15 is 0 Å². The molecule has 0 radical (unpaired) electrons. The number of aliphatic hydroxyl groups is 1. The monoisotopic (exact) mass is 306 g/mol. The molecule has 1 aromatic heterocycles. The second-order valence-electron chi connectivity index (χ2n) is 5.71. The number of unbranched alkanes of at least 4 members (excludes halogenated alkanes) is 1. The van der Waals surface area contributed by atoms with Gasteiger partial charge in [-0.1, -0.05) is 55.8 Å². The molecule has 0 aliphatic carbocycles. The lowest BCUT2D eigenvalue weighted by atomic mass is 10.1. The van der Waals surface area contributed by atoms with Crippen LogP contribution in [0.5, 0.6) is 0 Å². The number of rotatable bonds is 6. The van der Waals surface area contributed by atoms with Gasteiger partial charge in [-0.05, 0) is 42.2 Å². The Labute approximate surface area is 137 Å². The van der Waals surface area contributed by atoms with Crippen molar-refractivity contribution >= 4 is 0 Å². The summed E-state index contributed by atoms with van der Waals surface area (Å²) >= 11 is 0. The molecule has 3 heteroatoms. The third kappa shape index (κ3) is 3.51. The van der Waals surface area contributed by atoms with Crippen molar-refractivity contribution in [2.45, 2.75) is 32.8 Å². The van der Waals surface area contributed by atoms with Gasteiger partial charge < -0.3 is 5.11 Å². The number of hydrogen-bond acceptors (Lipinski definition) is 2. The van der Waals surface area contributed by atoms with Crippen molar-refractivity contribution in [3.8, 4) is 16.8 Å². The van der Waals surface area contributed by atoms with Gasteiger partial charge in [0.15, 0.2) is 0 Å². The number of hydrogen-bond donors (Lipinski definition) is 1. The number of aliphatic hydroxyl groups excluding tert-OH is 1. The highest BCUT2D eigenvalue weighted by molar-refractivity contribution is 5.64. The maximum atomic E-state index is 9.36. The van der Waals surface area contributed by atoms with Crippen molar-refractivity contribution in [1.82, 2.24) is 9.78 Å². The largest absolute Gasteiger partial charge is 0.390 e. The number of aryl methyl sites for hydroxylation is 1.